The van der Waals surface area contributed by atoms with Gasteiger partial charge in [0, 0.05) is 26.7 Å². The SMILES string of the molecule is CC(C)C(CNC(=O)N(C)CC(=O)N1CCCC1)C(=O)O. The summed E-state index contributed by atoms with van der Waals surface area (Å²) < 4.78 is 0. The van der Waals surface area contributed by atoms with Crippen LogP contribution in [0.15, 0.2) is 0 Å². The van der Waals surface area contributed by atoms with Gasteiger partial charge in [0.25, 0.3) is 0 Å². The molecule has 1 fully saturated rings. The molecule has 3 amide bonds. The van der Waals surface area contributed by atoms with Crippen LogP contribution in [0.25, 0.3) is 0 Å². The Morgan fingerprint density at radius 2 is 1.81 bits per heavy atom. The predicted molar refractivity (Wildman–Crippen MR) is 77.8 cm³/mol. The van der Waals surface area contributed by atoms with Crippen molar-refractivity contribution in [3.8, 4) is 0 Å². The minimum Gasteiger partial charge on any atom is -0.481 e. The highest BCUT2D eigenvalue weighted by atomic mass is 16.4. The van der Waals surface area contributed by atoms with Gasteiger partial charge in [-0.1, -0.05) is 13.8 Å². The van der Waals surface area contributed by atoms with E-state index >= 15 is 0 Å². The van der Waals surface area contributed by atoms with E-state index in [0.29, 0.717) is 0 Å². The molecule has 0 aliphatic carbocycles. The van der Waals surface area contributed by atoms with Gasteiger partial charge in [0.2, 0.25) is 5.91 Å². The first-order valence-corrected chi connectivity index (χ1v) is 7.32. The van der Waals surface area contributed by atoms with E-state index in [1.54, 1.807) is 18.7 Å². The number of rotatable bonds is 6. The lowest BCUT2D eigenvalue weighted by molar-refractivity contribution is -0.143. The highest BCUT2D eigenvalue weighted by Gasteiger charge is 2.24. The number of likely N-dealkylation sites (N-methyl/N-ethyl adjacent to an activating group) is 1. The van der Waals surface area contributed by atoms with Gasteiger partial charge in [0.05, 0.1) is 5.92 Å². The molecule has 0 saturated carbocycles. The van der Waals surface area contributed by atoms with Crippen molar-refractivity contribution in [1.82, 2.24) is 15.1 Å². The lowest BCUT2D eigenvalue weighted by Crippen LogP contribution is -2.46. The summed E-state index contributed by atoms with van der Waals surface area (Å²) in [5.74, 6) is -1.69. The number of hydrogen-bond donors (Lipinski definition) is 2. The molecule has 1 atom stereocenters. The fourth-order valence-corrected chi connectivity index (χ4v) is 2.28. The van der Waals surface area contributed by atoms with E-state index in [-0.39, 0.29) is 24.9 Å². The van der Waals surface area contributed by atoms with Crippen LogP contribution in [0.3, 0.4) is 0 Å². The van der Waals surface area contributed by atoms with E-state index < -0.39 is 17.9 Å². The Bertz CT molecular complexity index is 392. The number of carbonyl (C=O) groups excluding carboxylic acids is 2. The highest BCUT2D eigenvalue weighted by molar-refractivity contribution is 5.84. The maximum absolute atomic E-state index is 11.9. The van der Waals surface area contributed by atoms with Crippen LogP contribution in [0.2, 0.25) is 0 Å². The van der Waals surface area contributed by atoms with Gasteiger partial charge >= 0.3 is 12.0 Å². The summed E-state index contributed by atoms with van der Waals surface area (Å²) in [4.78, 5) is 37.9. The van der Waals surface area contributed by atoms with E-state index in [1.807, 2.05) is 0 Å². The minimum absolute atomic E-state index is 0.0191. The minimum atomic E-state index is -0.930. The Hall–Kier alpha value is -1.79. The topological polar surface area (TPSA) is 90.0 Å². The van der Waals surface area contributed by atoms with Crippen molar-refractivity contribution in [3.05, 3.63) is 0 Å². The molecule has 2 N–H and O–H groups in total. The van der Waals surface area contributed by atoms with Gasteiger partial charge in [-0.15, -0.1) is 0 Å². The van der Waals surface area contributed by atoms with Crippen molar-refractivity contribution in [2.75, 3.05) is 33.2 Å². The lowest BCUT2D eigenvalue weighted by Gasteiger charge is -2.23. The molecule has 0 aromatic carbocycles. The van der Waals surface area contributed by atoms with E-state index in [2.05, 4.69) is 5.32 Å². The molecule has 0 spiro atoms. The molecule has 120 valence electrons. The molecular weight excluding hydrogens is 274 g/mol. The summed E-state index contributed by atoms with van der Waals surface area (Å²) in [6.07, 6.45) is 2.02. The van der Waals surface area contributed by atoms with Crippen LogP contribution < -0.4 is 5.32 Å². The second kappa shape index (κ2) is 7.85. The third-order valence-electron chi connectivity index (χ3n) is 3.77. The molecule has 1 heterocycles. The molecule has 1 aliphatic rings. The number of amides is 3. The molecule has 1 saturated heterocycles. The number of carboxylic acids is 1. The standard InChI is InChI=1S/C14H25N3O4/c1-10(2)11(13(19)20)8-15-14(21)16(3)9-12(18)17-6-4-5-7-17/h10-11H,4-9H2,1-3H3,(H,15,21)(H,19,20). The first-order chi connectivity index (χ1) is 9.82. The van der Waals surface area contributed by atoms with Crippen LogP contribution in [0.1, 0.15) is 26.7 Å². The van der Waals surface area contributed by atoms with Crippen molar-refractivity contribution < 1.29 is 19.5 Å². The predicted octanol–water partition coefficient (Wildman–Crippen LogP) is 0.607. The maximum Gasteiger partial charge on any atom is 0.317 e. The molecular formula is C14H25N3O4. The number of nitrogens with zero attached hydrogens (tertiary/aromatic N) is 2. The fraction of sp³-hybridized carbons (Fsp3) is 0.786. The molecule has 1 aliphatic heterocycles. The van der Waals surface area contributed by atoms with E-state index in [4.69, 9.17) is 5.11 Å². The summed E-state index contributed by atoms with van der Waals surface area (Å²) in [6, 6.07) is -0.422. The van der Waals surface area contributed by atoms with E-state index in [0.717, 1.165) is 25.9 Å². The second-order valence-corrected chi connectivity index (χ2v) is 5.82. The summed E-state index contributed by atoms with van der Waals surface area (Å²) in [5, 5.41) is 11.6. The Kier molecular flexibility index (Phi) is 6.45. The molecule has 0 radical (unpaired) electrons. The van der Waals surface area contributed by atoms with E-state index in [1.165, 1.54) is 11.9 Å². The normalized spacial score (nSPS) is 15.9. The number of aliphatic carboxylic acids is 1. The van der Waals surface area contributed by atoms with Crippen molar-refractivity contribution >= 4 is 17.9 Å². The quantitative estimate of drug-likeness (QED) is 0.752. The Balaban J connectivity index is 2.39. The van der Waals surface area contributed by atoms with Crippen LogP contribution in [0, 0.1) is 11.8 Å². The number of hydrogen-bond acceptors (Lipinski definition) is 3. The largest absolute Gasteiger partial charge is 0.481 e. The van der Waals surface area contributed by atoms with E-state index in [9.17, 15) is 14.4 Å². The molecule has 0 aromatic rings. The molecule has 21 heavy (non-hydrogen) atoms. The van der Waals surface area contributed by atoms with Gasteiger partial charge in [-0.05, 0) is 18.8 Å². The molecule has 0 bridgehead atoms. The zero-order chi connectivity index (χ0) is 16.0. The van der Waals surface area contributed by atoms with Crippen LogP contribution in [-0.2, 0) is 9.59 Å². The molecule has 7 heteroatoms. The average Bonchev–Trinajstić information content (AvgIpc) is 2.91. The first kappa shape index (κ1) is 17.3. The van der Waals surface area contributed by atoms with Crippen molar-refractivity contribution in [1.29, 1.82) is 0 Å². The Labute approximate surface area is 125 Å². The van der Waals surface area contributed by atoms with Crippen molar-refractivity contribution in [3.63, 3.8) is 0 Å². The van der Waals surface area contributed by atoms with Crippen LogP contribution in [0.5, 0.6) is 0 Å². The van der Waals surface area contributed by atoms with Gasteiger partial charge in [-0.3, -0.25) is 9.59 Å². The fourth-order valence-electron chi connectivity index (χ4n) is 2.28. The lowest BCUT2D eigenvalue weighted by atomic mass is 9.96. The molecule has 1 unspecified atom stereocenters. The molecule has 0 aromatic heterocycles. The number of nitrogens with one attached hydrogen (secondary N) is 1. The third kappa shape index (κ3) is 5.24. The maximum atomic E-state index is 11.9. The van der Waals surface area contributed by atoms with Crippen LogP contribution in [-0.4, -0.2) is 66.0 Å². The summed E-state index contributed by atoms with van der Waals surface area (Å²) in [7, 11) is 1.54. The average molecular weight is 299 g/mol. The zero-order valence-corrected chi connectivity index (χ0v) is 13.0. The van der Waals surface area contributed by atoms with Gasteiger partial charge in [0.15, 0.2) is 0 Å². The molecule has 1 rings (SSSR count). The van der Waals surface area contributed by atoms with Gasteiger partial charge in [0.1, 0.15) is 6.54 Å². The second-order valence-electron chi connectivity index (χ2n) is 5.82. The number of carbonyl (C=O) groups is 3. The van der Waals surface area contributed by atoms with Gasteiger partial charge in [-0.2, -0.15) is 0 Å². The highest BCUT2D eigenvalue weighted by Crippen LogP contribution is 2.10. The molecule has 7 nitrogen and oxygen atoms in total. The van der Waals surface area contributed by atoms with Crippen LogP contribution >= 0.6 is 0 Å². The van der Waals surface area contributed by atoms with Gasteiger partial charge < -0.3 is 20.2 Å². The third-order valence-corrected chi connectivity index (χ3v) is 3.77. The number of urea groups is 1. The summed E-state index contributed by atoms with van der Waals surface area (Å²) >= 11 is 0. The Morgan fingerprint density at radius 3 is 2.29 bits per heavy atom. The summed E-state index contributed by atoms with van der Waals surface area (Å²) in [5.41, 5.74) is 0. The van der Waals surface area contributed by atoms with Crippen LogP contribution in [0.4, 0.5) is 4.79 Å². The monoisotopic (exact) mass is 299 g/mol. The summed E-state index contributed by atoms with van der Waals surface area (Å²) in [6.45, 7) is 5.18. The Morgan fingerprint density at radius 1 is 1.24 bits per heavy atom. The smallest absolute Gasteiger partial charge is 0.317 e. The number of carboxylic acid groups (broad SMARTS) is 1. The van der Waals surface area contributed by atoms with Crippen molar-refractivity contribution in [2.24, 2.45) is 11.8 Å². The van der Waals surface area contributed by atoms with Gasteiger partial charge in [-0.25, -0.2) is 4.79 Å². The van der Waals surface area contributed by atoms with Crippen molar-refractivity contribution in [2.45, 2.75) is 26.7 Å². The zero-order valence-electron chi connectivity index (χ0n) is 13.0. The number of likely N-dealkylation sites (tertiary alicyclic amines) is 1. The first-order valence-electron chi connectivity index (χ1n) is 7.32.